The fourth-order valence-corrected chi connectivity index (χ4v) is 2.50. The van der Waals surface area contributed by atoms with E-state index in [1.165, 1.54) is 18.2 Å². The quantitative estimate of drug-likeness (QED) is 0.941. The van der Waals surface area contributed by atoms with Gasteiger partial charge in [-0.25, -0.2) is 8.78 Å². The number of rotatable bonds is 4. The van der Waals surface area contributed by atoms with Crippen LogP contribution in [0.2, 0.25) is 0 Å². The third kappa shape index (κ3) is 3.17. The summed E-state index contributed by atoms with van der Waals surface area (Å²) >= 11 is 0. The predicted octanol–water partition coefficient (Wildman–Crippen LogP) is 2.35. The SMILES string of the molecule is Fc1cccc(F)c1OCc1ncccc1N1CCNCC1. The highest BCUT2D eigenvalue weighted by molar-refractivity contribution is 5.50. The van der Waals surface area contributed by atoms with Crippen LogP contribution in [0.15, 0.2) is 36.5 Å². The van der Waals surface area contributed by atoms with Gasteiger partial charge in [0.2, 0.25) is 0 Å². The molecule has 0 bridgehead atoms. The van der Waals surface area contributed by atoms with E-state index in [2.05, 4.69) is 15.2 Å². The Morgan fingerprint density at radius 2 is 1.82 bits per heavy atom. The van der Waals surface area contributed by atoms with E-state index in [4.69, 9.17) is 4.74 Å². The molecule has 0 aliphatic carbocycles. The monoisotopic (exact) mass is 305 g/mol. The molecule has 1 aliphatic rings. The lowest BCUT2D eigenvalue weighted by Gasteiger charge is -2.30. The number of halogens is 2. The van der Waals surface area contributed by atoms with Gasteiger partial charge in [0.25, 0.3) is 0 Å². The predicted molar refractivity (Wildman–Crippen MR) is 80.0 cm³/mol. The van der Waals surface area contributed by atoms with Gasteiger partial charge in [-0.3, -0.25) is 4.98 Å². The molecule has 116 valence electrons. The minimum Gasteiger partial charge on any atom is -0.481 e. The molecule has 0 unspecified atom stereocenters. The molecule has 1 aliphatic heterocycles. The number of hydrogen-bond donors (Lipinski definition) is 1. The van der Waals surface area contributed by atoms with Gasteiger partial charge in [0, 0.05) is 32.4 Å². The van der Waals surface area contributed by atoms with Crippen LogP contribution in [0.3, 0.4) is 0 Å². The topological polar surface area (TPSA) is 37.4 Å². The molecule has 22 heavy (non-hydrogen) atoms. The normalized spacial score (nSPS) is 14.9. The third-order valence-electron chi connectivity index (χ3n) is 3.60. The first kappa shape index (κ1) is 14.7. The summed E-state index contributed by atoms with van der Waals surface area (Å²) in [6, 6.07) is 7.46. The Morgan fingerprint density at radius 1 is 1.09 bits per heavy atom. The van der Waals surface area contributed by atoms with Gasteiger partial charge < -0.3 is 15.0 Å². The van der Waals surface area contributed by atoms with Gasteiger partial charge in [-0.1, -0.05) is 6.07 Å². The summed E-state index contributed by atoms with van der Waals surface area (Å²) in [6.07, 6.45) is 1.65. The van der Waals surface area contributed by atoms with Gasteiger partial charge in [0.1, 0.15) is 12.3 Å². The summed E-state index contributed by atoms with van der Waals surface area (Å²) < 4.78 is 32.5. The zero-order valence-electron chi connectivity index (χ0n) is 12.1. The summed E-state index contributed by atoms with van der Waals surface area (Å²) in [4.78, 5) is 6.49. The van der Waals surface area contributed by atoms with Crippen molar-refractivity contribution in [3.8, 4) is 5.75 Å². The molecule has 4 nitrogen and oxygen atoms in total. The summed E-state index contributed by atoms with van der Waals surface area (Å²) in [7, 11) is 0. The van der Waals surface area contributed by atoms with Crippen LogP contribution < -0.4 is 15.0 Å². The van der Waals surface area contributed by atoms with E-state index in [1.807, 2.05) is 12.1 Å². The average molecular weight is 305 g/mol. The molecule has 0 saturated carbocycles. The number of pyridine rings is 1. The molecule has 1 aromatic heterocycles. The van der Waals surface area contributed by atoms with Gasteiger partial charge in [0.15, 0.2) is 17.4 Å². The highest BCUT2D eigenvalue weighted by Crippen LogP contribution is 2.24. The minimum atomic E-state index is -0.709. The average Bonchev–Trinajstić information content (AvgIpc) is 2.56. The molecule has 1 aromatic carbocycles. The molecular formula is C16H17F2N3O. The van der Waals surface area contributed by atoms with E-state index in [1.54, 1.807) is 6.20 Å². The lowest BCUT2D eigenvalue weighted by Crippen LogP contribution is -2.44. The van der Waals surface area contributed by atoms with Gasteiger partial charge >= 0.3 is 0 Å². The molecule has 0 amide bonds. The van der Waals surface area contributed by atoms with Crippen molar-refractivity contribution in [3.63, 3.8) is 0 Å². The summed E-state index contributed by atoms with van der Waals surface area (Å²) in [6.45, 7) is 3.56. The maximum absolute atomic E-state index is 13.6. The lowest BCUT2D eigenvalue weighted by molar-refractivity contribution is 0.270. The number of benzene rings is 1. The first-order chi connectivity index (χ1) is 10.8. The van der Waals surface area contributed by atoms with E-state index in [0.29, 0.717) is 5.69 Å². The van der Waals surface area contributed by atoms with Gasteiger partial charge in [-0.2, -0.15) is 0 Å². The molecule has 0 spiro atoms. The highest BCUT2D eigenvalue weighted by atomic mass is 19.1. The van der Waals surface area contributed by atoms with E-state index in [0.717, 1.165) is 31.9 Å². The third-order valence-corrected chi connectivity index (χ3v) is 3.60. The van der Waals surface area contributed by atoms with Crippen molar-refractivity contribution in [1.29, 1.82) is 0 Å². The smallest absolute Gasteiger partial charge is 0.191 e. The maximum Gasteiger partial charge on any atom is 0.191 e. The van der Waals surface area contributed by atoms with E-state index >= 15 is 0 Å². The molecular weight excluding hydrogens is 288 g/mol. The Labute approximate surface area is 127 Å². The number of nitrogens with zero attached hydrogens (tertiary/aromatic N) is 2. The molecule has 2 aromatic rings. The van der Waals surface area contributed by atoms with Crippen molar-refractivity contribution in [2.24, 2.45) is 0 Å². The fraction of sp³-hybridized carbons (Fsp3) is 0.312. The van der Waals surface area contributed by atoms with Crippen LogP contribution in [-0.4, -0.2) is 31.2 Å². The lowest BCUT2D eigenvalue weighted by atomic mass is 10.2. The molecule has 6 heteroatoms. The van der Waals surface area contributed by atoms with Crippen molar-refractivity contribution < 1.29 is 13.5 Å². The number of aromatic nitrogens is 1. The number of para-hydroxylation sites is 1. The number of piperazine rings is 1. The first-order valence-corrected chi connectivity index (χ1v) is 7.22. The van der Waals surface area contributed by atoms with Crippen molar-refractivity contribution in [2.45, 2.75) is 6.61 Å². The van der Waals surface area contributed by atoms with Crippen LogP contribution >= 0.6 is 0 Å². The molecule has 0 radical (unpaired) electrons. The first-order valence-electron chi connectivity index (χ1n) is 7.22. The number of anilines is 1. The Hall–Kier alpha value is -2.21. The number of nitrogens with one attached hydrogen (secondary N) is 1. The van der Waals surface area contributed by atoms with E-state index in [9.17, 15) is 8.78 Å². The van der Waals surface area contributed by atoms with Gasteiger partial charge in [0.05, 0.1) is 5.69 Å². The van der Waals surface area contributed by atoms with Crippen LogP contribution in [0, 0.1) is 11.6 Å². The fourth-order valence-electron chi connectivity index (χ4n) is 2.50. The molecule has 3 rings (SSSR count). The van der Waals surface area contributed by atoms with Crippen molar-refractivity contribution >= 4 is 5.69 Å². The Kier molecular flexibility index (Phi) is 4.48. The van der Waals surface area contributed by atoms with Gasteiger partial charge in [-0.15, -0.1) is 0 Å². The van der Waals surface area contributed by atoms with Crippen LogP contribution in [0.25, 0.3) is 0 Å². The standard InChI is InChI=1S/C16H17F2N3O/c17-12-3-1-4-13(18)16(12)22-11-14-15(5-2-6-20-14)21-9-7-19-8-10-21/h1-6,19H,7-11H2. The summed E-state index contributed by atoms with van der Waals surface area (Å²) in [5, 5.41) is 3.28. The second-order valence-electron chi connectivity index (χ2n) is 5.05. The largest absolute Gasteiger partial charge is 0.481 e. The minimum absolute atomic E-state index is 0.0257. The maximum atomic E-state index is 13.6. The van der Waals surface area contributed by atoms with Crippen LogP contribution in [0.1, 0.15) is 5.69 Å². The molecule has 2 heterocycles. The van der Waals surface area contributed by atoms with E-state index in [-0.39, 0.29) is 12.4 Å². The highest BCUT2D eigenvalue weighted by Gasteiger charge is 2.16. The number of hydrogen-bond acceptors (Lipinski definition) is 4. The molecule has 1 fully saturated rings. The number of ether oxygens (including phenoxy) is 1. The van der Waals surface area contributed by atoms with Crippen molar-refractivity contribution in [1.82, 2.24) is 10.3 Å². The van der Waals surface area contributed by atoms with Crippen LogP contribution in [-0.2, 0) is 6.61 Å². The van der Waals surface area contributed by atoms with Crippen LogP contribution in [0.5, 0.6) is 5.75 Å². The zero-order chi connectivity index (χ0) is 15.4. The van der Waals surface area contributed by atoms with Crippen LogP contribution in [0.4, 0.5) is 14.5 Å². The Morgan fingerprint density at radius 3 is 2.55 bits per heavy atom. The Bertz CT molecular complexity index is 625. The summed E-state index contributed by atoms with van der Waals surface area (Å²) in [5.74, 6) is -1.78. The molecule has 0 atom stereocenters. The van der Waals surface area contributed by atoms with Crippen molar-refractivity contribution in [3.05, 3.63) is 53.9 Å². The Balaban J connectivity index is 1.78. The zero-order valence-corrected chi connectivity index (χ0v) is 12.1. The second-order valence-corrected chi connectivity index (χ2v) is 5.05. The summed E-state index contributed by atoms with van der Waals surface area (Å²) in [5.41, 5.74) is 1.62. The van der Waals surface area contributed by atoms with Crippen molar-refractivity contribution in [2.75, 3.05) is 31.1 Å². The molecule has 1 N–H and O–H groups in total. The van der Waals surface area contributed by atoms with Gasteiger partial charge in [-0.05, 0) is 24.3 Å². The second kappa shape index (κ2) is 6.70. The molecule has 1 saturated heterocycles. The van der Waals surface area contributed by atoms with E-state index < -0.39 is 11.6 Å².